The van der Waals surface area contributed by atoms with Crippen LogP contribution in [-0.2, 0) is 19.2 Å². The molecule has 1 N–H and O–H groups in total. The van der Waals surface area contributed by atoms with Crippen LogP contribution in [0, 0.1) is 23.6 Å². The summed E-state index contributed by atoms with van der Waals surface area (Å²) in [7, 11) is 0. The molecule has 4 aliphatic rings. The summed E-state index contributed by atoms with van der Waals surface area (Å²) in [4.78, 5) is 54.7. The molecular weight excluding hydrogens is 630 g/mol. The predicted octanol–water partition coefficient (Wildman–Crippen LogP) is 6.45. The van der Waals surface area contributed by atoms with Gasteiger partial charge in [-0.25, -0.2) is 9.29 Å². The van der Waals surface area contributed by atoms with Crippen molar-refractivity contribution in [1.29, 1.82) is 0 Å². The summed E-state index contributed by atoms with van der Waals surface area (Å²) in [6.45, 7) is 0. The number of rotatable bonds is 3. The van der Waals surface area contributed by atoms with Crippen molar-refractivity contribution in [1.82, 2.24) is 0 Å². The molecule has 4 aromatic rings. The number of amides is 4. The first-order chi connectivity index (χ1) is 22.1. The van der Waals surface area contributed by atoms with Gasteiger partial charge in [0.05, 0.1) is 23.2 Å². The summed E-state index contributed by atoms with van der Waals surface area (Å²) in [5.74, 6) is -6.60. The number of phenols is 1. The smallest absolute Gasteiger partial charge is 0.258 e. The largest absolute Gasteiger partial charge is 0.507 e. The van der Waals surface area contributed by atoms with Crippen LogP contribution >= 0.6 is 23.2 Å². The third-order valence-electron chi connectivity index (χ3n) is 10.2. The lowest BCUT2D eigenvalue weighted by Gasteiger charge is -2.50. The molecule has 230 valence electrons. The minimum atomic E-state index is -2.14. The number of aromatic hydroxyl groups is 1. The highest BCUT2D eigenvalue weighted by Gasteiger charge is 2.77. The molecule has 1 saturated carbocycles. The summed E-state index contributed by atoms with van der Waals surface area (Å²) in [5.41, 5.74) is 1.36. The minimum Gasteiger partial charge on any atom is -0.507 e. The lowest BCUT2D eigenvalue weighted by Crippen LogP contribution is -2.60. The van der Waals surface area contributed by atoms with Gasteiger partial charge in [0, 0.05) is 16.9 Å². The first-order valence-electron chi connectivity index (χ1n) is 14.9. The summed E-state index contributed by atoms with van der Waals surface area (Å²) in [6, 6.07) is 24.1. The quantitative estimate of drug-likeness (QED) is 0.156. The number of hydrogen-bond donors (Lipinski definition) is 1. The molecule has 7 nitrogen and oxygen atoms in total. The van der Waals surface area contributed by atoms with Gasteiger partial charge in [-0.2, -0.15) is 0 Å². The van der Waals surface area contributed by atoms with E-state index in [0.717, 1.165) is 22.4 Å². The number of hydrogen-bond acceptors (Lipinski definition) is 5. The van der Waals surface area contributed by atoms with E-state index in [-0.39, 0.29) is 35.7 Å². The van der Waals surface area contributed by atoms with E-state index in [1.807, 2.05) is 18.2 Å². The Bertz CT molecular complexity index is 2040. The number of para-hydroxylation sites is 1. The molecule has 2 saturated heterocycles. The number of anilines is 2. The molecule has 10 heteroatoms. The number of phenolic OH excluding ortho intramolecular Hbond substituents is 1. The third kappa shape index (κ3) is 3.65. The average Bonchev–Trinajstić information content (AvgIpc) is 3.40. The Labute approximate surface area is 272 Å². The number of carbonyl (C=O) groups excluding carboxylic acids is 4. The lowest BCUT2D eigenvalue weighted by atomic mass is 9.56. The normalized spacial score (nSPS) is 30.4. The highest BCUT2D eigenvalue weighted by molar-refractivity contribution is 6.58. The number of fused-ring (bicyclic) bond motifs is 5. The molecule has 2 aliphatic carbocycles. The molecule has 0 radical (unpaired) electrons. The van der Waals surface area contributed by atoms with Gasteiger partial charge in [0.15, 0.2) is 9.75 Å². The average molecular weight is 656 g/mol. The minimum absolute atomic E-state index is 0.0875. The van der Waals surface area contributed by atoms with E-state index in [9.17, 15) is 28.7 Å². The van der Waals surface area contributed by atoms with Crippen molar-refractivity contribution in [3.63, 3.8) is 0 Å². The van der Waals surface area contributed by atoms with Crippen LogP contribution in [0.15, 0.2) is 103 Å². The fourth-order valence-corrected chi connectivity index (χ4v) is 9.01. The Hall–Kier alpha value is -4.53. The molecule has 6 unspecified atom stereocenters. The Kier molecular flexibility index (Phi) is 6.27. The van der Waals surface area contributed by atoms with Gasteiger partial charge < -0.3 is 5.11 Å². The zero-order chi connectivity index (χ0) is 32.1. The van der Waals surface area contributed by atoms with Gasteiger partial charge in [-0.05, 0) is 60.5 Å². The van der Waals surface area contributed by atoms with Gasteiger partial charge in [-0.3, -0.25) is 24.1 Å². The molecule has 0 aromatic heterocycles. The third-order valence-corrected chi connectivity index (χ3v) is 11.6. The number of nitrogens with zero attached hydrogens (tertiary/aromatic N) is 2. The van der Waals surface area contributed by atoms with E-state index in [2.05, 4.69) is 0 Å². The Balaban J connectivity index is 1.34. The molecular formula is C36H25Cl2FN2O5. The summed E-state index contributed by atoms with van der Waals surface area (Å²) >= 11 is 14.8. The molecule has 0 bridgehead atoms. The van der Waals surface area contributed by atoms with Gasteiger partial charge in [0.1, 0.15) is 11.6 Å². The van der Waals surface area contributed by atoms with Gasteiger partial charge in [-0.1, -0.05) is 66.2 Å². The number of alkyl halides is 2. The zero-order valence-corrected chi connectivity index (χ0v) is 25.6. The van der Waals surface area contributed by atoms with Gasteiger partial charge >= 0.3 is 0 Å². The first kappa shape index (κ1) is 28.9. The Morgan fingerprint density at radius 2 is 1.41 bits per heavy atom. The summed E-state index contributed by atoms with van der Waals surface area (Å²) < 4.78 is 13.9. The number of imide groups is 2. The fraction of sp³-hybridized carbons (Fsp3) is 0.222. The highest BCUT2D eigenvalue weighted by atomic mass is 35.5. The van der Waals surface area contributed by atoms with Crippen molar-refractivity contribution in [3.05, 3.63) is 114 Å². The number of benzene rings is 4. The predicted molar refractivity (Wildman–Crippen MR) is 171 cm³/mol. The molecule has 2 aliphatic heterocycles. The maximum Gasteiger partial charge on any atom is 0.258 e. The van der Waals surface area contributed by atoms with Gasteiger partial charge in [0.25, 0.3) is 11.8 Å². The maximum absolute atomic E-state index is 14.5. The highest BCUT2D eigenvalue weighted by Crippen LogP contribution is 2.66. The van der Waals surface area contributed by atoms with Crippen LogP contribution in [0.25, 0.3) is 10.8 Å². The Morgan fingerprint density at radius 1 is 0.739 bits per heavy atom. The molecule has 3 fully saturated rings. The SMILES string of the molecule is O=C1C2CC=C3C(CC4(Cl)C(=O)N(c5ccc(F)cc5)C(=O)C4(Cl)C3c3ccc4ccccc4c3O)C2C(=O)N1c1ccccc1. The molecule has 4 aromatic carbocycles. The van der Waals surface area contributed by atoms with Crippen molar-refractivity contribution in [2.45, 2.75) is 28.5 Å². The fourth-order valence-electron chi connectivity index (χ4n) is 8.08. The topological polar surface area (TPSA) is 95.0 Å². The van der Waals surface area contributed by atoms with Gasteiger partial charge in [-0.15, -0.1) is 23.2 Å². The second-order valence-electron chi connectivity index (χ2n) is 12.3. The van der Waals surface area contributed by atoms with Crippen LogP contribution in [0.1, 0.15) is 24.3 Å². The van der Waals surface area contributed by atoms with Crippen molar-refractivity contribution in [2.24, 2.45) is 17.8 Å². The number of allylic oxidation sites excluding steroid dienone is 2. The summed E-state index contributed by atoms with van der Waals surface area (Å²) in [5, 5.41) is 13.0. The first-order valence-corrected chi connectivity index (χ1v) is 15.7. The zero-order valence-electron chi connectivity index (χ0n) is 24.1. The van der Waals surface area contributed by atoms with Crippen LogP contribution in [0.2, 0.25) is 0 Å². The van der Waals surface area contributed by atoms with E-state index in [1.54, 1.807) is 54.6 Å². The molecule has 6 atom stereocenters. The van der Waals surface area contributed by atoms with Crippen LogP contribution in [0.4, 0.5) is 15.8 Å². The van der Waals surface area contributed by atoms with E-state index < -0.39 is 57.0 Å². The monoisotopic (exact) mass is 654 g/mol. The standard InChI is InChI=1S/C36H25Cl2FN2O5/c37-35-18-27-24(16-17-25-28(27)32(44)40(31(25)43)21-7-2-1-3-8-21)29(26-15-10-19-6-4-5-9-23(19)30(26)42)36(35,38)34(46)41(33(35)45)22-13-11-20(39)12-14-22/h1-16,25,27-29,42H,17-18H2. The molecule has 8 rings (SSSR count). The number of halogens is 3. The molecule has 2 heterocycles. The second kappa shape index (κ2) is 9.98. The van der Waals surface area contributed by atoms with Crippen LogP contribution < -0.4 is 9.80 Å². The van der Waals surface area contributed by atoms with Crippen LogP contribution in [0.3, 0.4) is 0 Å². The summed E-state index contributed by atoms with van der Waals surface area (Å²) in [6.07, 6.45) is 1.81. The van der Waals surface area contributed by atoms with E-state index >= 15 is 0 Å². The van der Waals surface area contributed by atoms with Crippen molar-refractivity contribution in [3.8, 4) is 5.75 Å². The van der Waals surface area contributed by atoms with Crippen molar-refractivity contribution < 1.29 is 28.7 Å². The molecule has 4 amide bonds. The van der Waals surface area contributed by atoms with Crippen LogP contribution in [-0.4, -0.2) is 38.5 Å². The lowest BCUT2D eigenvalue weighted by molar-refractivity contribution is -0.125. The van der Waals surface area contributed by atoms with E-state index in [4.69, 9.17) is 23.2 Å². The van der Waals surface area contributed by atoms with E-state index in [0.29, 0.717) is 16.6 Å². The number of carbonyl (C=O) groups is 4. The second-order valence-corrected chi connectivity index (χ2v) is 13.6. The van der Waals surface area contributed by atoms with Gasteiger partial charge in [0.2, 0.25) is 11.8 Å². The molecule has 0 spiro atoms. The van der Waals surface area contributed by atoms with E-state index in [1.165, 1.54) is 17.0 Å². The van der Waals surface area contributed by atoms with Crippen LogP contribution in [0.5, 0.6) is 5.75 Å². The molecule has 46 heavy (non-hydrogen) atoms. The van der Waals surface area contributed by atoms with Crippen molar-refractivity contribution >= 4 is 69.0 Å². The maximum atomic E-state index is 14.5. The Morgan fingerprint density at radius 3 is 2.15 bits per heavy atom. The van der Waals surface area contributed by atoms with Crippen molar-refractivity contribution in [2.75, 3.05) is 9.80 Å².